The first-order valence-electron chi connectivity index (χ1n) is 8.24. The Kier molecular flexibility index (Phi) is 3.97. The molecule has 0 aliphatic carbocycles. The van der Waals surface area contributed by atoms with E-state index in [1.165, 1.54) is 18.2 Å². The lowest BCUT2D eigenvalue weighted by Crippen LogP contribution is -2.44. The Morgan fingerprint density at radius 1 is 1.12 bits per heavy atom. The molecule has 0 spiro atoms. The number of anilines is 1. The Hall–Kier alpha value is -2.73. The average Bonchev–Trinajstić information content (AvgIpc) is 2.62. The van der Waals surface area contributed by atoms with Crippen LogP contribution in [0.25, 0.3) is 22.2 Å². The molecule has 6 heteroatoms. The highest BCUT2D eigenvalue weighted by Gasteiger charge is 2.19. The summed E-state index contributed by atoms with van der Waals surface area (Å²) < 4.78 is 19.7. The highest BCUT2D eigenvalue weighted by Crippen LogP contribution is 2.28. The molecule has 0 saturated carbocycles. The molecule has 0 amide bonds. The highest BCUT2D eigenvalue weighted by molar-refractivity contribution is 5.90. The van der Waals surface area contributed by atoms with Crippen molar-refractivity contribution in [3.63, 3.8) is 0 Å². The number of benzene rings is 1. The number of halogens is 1. The van der Waals surface area contributed by atoms with E-state index in [1.807, 2.05) is 0 Å². The van der Waals surface area contributed by atoms with Crippen LogP contribution in [0.4, 0.5) is 10.3 Å². The van der Waals surface area contributed by atoms with Gasteiger partial charge in [-0.25, -0.2) is 4.39 Å². The number of hydrogen-bond acceptors (Lipinski definition) is 5. The second kappa shape index (κ2) is 6.29. The summed E-state index contributed by atoms with van der Waals surface area (Å²) in [6.07, 6.45) is 1.55. The first-order chi connectivity index (χ1) is 12.1. The van der Waals surface area contributed by atoms with Gasteiger partial charge in [0.15, 0.2) is 16.9 Å². The van der Waals surface area contributed by atoms with Gasteiger partial charge in [-0.15, -0.1) is 0 Å². The molecule has 2 aromatic heterocycles. The van der Waals surface area contributed by atoms with Crippen LogP contribution in [-0.4, -0.2) is 43.1 Å². The first kappa shape index (κ1) is 15.8. The summed E-state index contributed by atoms with van der Waals surface area (Å²) in [5, 5.41) is 0.451. The summed E-state index contributed by atoms with van der Waals surface area (Å²) in [6, 6.07) is 9.31. The zero-order valence-corrected chi connectivity index (χ0v) is 13.9. The molecule has 1 aromatic carbocycles. The molecular weight excluding hydrogens is 321 g/mol. The topological polar surface area (TPSA) is 49.6 Å². The van der Waals surface area contributed by atoms with Gasteiger partial charge in [-0.2, -0.15) is 0 Å². The molecule has 0 bridgehead atoms. The third-order valence-electron chi connectivity index (χ3n) is 4.54. The van der Waals surface area contributed by atoms with Crippen molar-refractivity contribution in [2.45, 2.75) is 0 Å². The molecule has 3 heterocycles. The minimum Gasteiger partial charge on any atom is -0.438 e. The summed E-state index contributed by atoms with van der Waals surface area (Å²) in [5.74, 6) is 0.185. The predicted octanol–water partition coefficient (Wildman–Crippen LogP) is 2.75. The maximum Gasteiger partial charge on any atom is 0.200 e. The largest absolute Gasteiger partial charge is 0.438 e. The second-order valence-electron chi connectivity index (χ2n) is 6.29. The highest BCUT2D eigenvalue weighted by atomic mass is 19.1. The lowest BCUT2D eigenvalue weighted by Gasteiger charge is -2.32. The summed E-state index contributed by atoms with van der Waals surface area (Å²) in [5.41, 5.74) is 1.35. The van der Waals surface area contributed by atoms with Crippen molar-refractivity contribution >= 4 is 16.9 Å². The molecule has 1 aliphatic heterocycles. The minimum atomic E-state index is -0.353. The van der Waals surface area contributed by atoms with Crippen molar-refractivity contribution in [3.8, 4) is 11.3 Å². The molecule has 4 rings (SSSR count). The van der Waals surface area contributed by atoms with E-state index in [0.717, 1.165) is 26.2 Å². The van der Waals surface area contributed by atoms with Crippen molar-refractivity contribution in [1.29, 1.82) is 0 Å². The van der Waals surface area contributed by atoms with Crippen LogP contribution < -0.4 is 10.3 Å². The fourth-order valence-electron chi connectivity index (χ4n) is 3.09. The van der Waals surface area contributed by atoms with E-state index >= 15 is 0 Å². The molecule has 3 aromatic rings. The van der Waals surface area contributed by atoms with Crippen molar-refractivity contribution < 1.29 is 8.81 Å². The van der Waals surface area contributed by atoms with E-state index in [2.05, 4.69) is 21.8 Å². The van der Waals surface area contributed by atoms with Crippen LogP contribution in [0.3, 0.4) is 0 Å². The average molecular weight is 339 g/mol. The normalized spacial score (nSPS) is 15.7. The van der Waals surface area contributed by atoms with Gasteiger partial charge in [0.25, 0.3) is 0 Å². The van der Waals surface area contributed by atoms with E-state index in [9.17, 15) is 9.18 Å². The number of pyridine rings is 1. The summed E-state index contributed by atoms with van der Waals surface area (Å²) in [6.45, 7) is 3.40. The fourth-order valence-corrected chi connectivity index (χ4v) is 3.09. The predicted molar refractivity (Wildman–Crippen MR) is 95.4 cm³/mol. The van der Waals surface area contributed by atoms with Gasteiger partial charge < -0.3 is 14.2 Å². The monoisotopic (exact) mass is 339 g/mol. The van der Waals surface area contributed by atoms with Crippen molar-refractivity contribution in [3.05, 3.63) is 58.6 Å². The Morgan fingerprint density at radius 2 is 1.92 bits per heavy atom. The number of nitrogens with zero attached hydrogens (tertiary/aromatic N) is 3. The maximum atomic E-state index is 13.6. The molecular formula is C19H18FN3O2. The van der Waals surface area contributed by atoms with Gasteiger partial charge in [-0.1, -0.05) is 12.1 Å². The van der Waals surface area contributed by atoms with Gasteiger partial charge in [0.1, 0.15) is 11.5 Å². The zero-order chi connectivity index (χ0) is 17.4. The summed E-state index contributed by atoms with van der Waals surface area (Å²) in [4.78, 5) is 21.2. The number of rotatable bonds is 2. The van der Waals surface area contributed by atoms with Gasteiger partial charge in [-0.3, -0.25) is 9.78 Å². The third-order valence-corrected chi connectivity index (χ3v) is 4.54. The lowest BCUT2D eigenvalue weighted by atomic mass is 10.1. The van der Waals surface area contributed by atoms with Crippen molar-refractivity contribution in [1.82, 2.24) is 9.88 Å². The molecule has 128 valence electrons. The number of likely N-dealkylation sites (N-methyl/N-ethyl adjacent to an activating group) is 1. The second-order valence-corrected chi connectivity index (χ2v) is 6.29. The maximum absolute atomic E-state index is 13.6. The van der Waals surface area contributed by atoms with Crippen LogP contribution in [0.1, 0.15) is 0 Å². The van der Waals surface area contributed by atoms with E-state index < -0.39 is 0 Å². The molecule has 25 heavy (non-hydrogen) atoms. The van der Waals surface area contributed by atoms with Crippen LogP contribution in [0, 0.1) is 5.82 Å². The zero-order valence-electron chi connectivity index (χ0n) is 13.9. The van der Waals surface area contributed by atoms with Gasteiger partial charge in [0.2, 0.25) is 0 Å². The van der Waals surface area contributed by atoms with E-state index in [1.54, 1.807) is 24.4 Å². The van der Waals surface area contributed by atoms with Crippen molar-refractivity contribution in [2.75, 3.05) is 38.1 Å². The van der Waals surface area contributed by atoms with E-state index in [4.69, 9.17) is 4.42 Å². The van der Waals surface area contributed by atoms with Gasteiger partial charge in [0, 0.05) is 44.0 Å². The molecule has 0 radical (unpaired) electrons. The number of hydrogen-bond donors (Lipinski definition) is 0. The van der Waals surface area contributed by atoms with Crippen molar-refractivity contribution in [2.24, 2.45) is 0 Å². The standard InChI is InChI=1S/C19H18FN3O2/c1-22-7-9-23(10-8-22)17-12-16(24)15-5-6-21-18(19(15)25-17)13-3-2-4-14(20)11-13/h2-6,11-12H,7-10H2,1H3. The van der Waals surface area contributed by atoms with Crippen LogP contribution >= 0.6 is 0 Å². The van der Waals surface area contributed by atoms with Crippen LogP contribution in [-0.2, 0) is 0 Å². The van der Waals surface area contributed by atoms with Gasteiger partial charge >= 0.3 is 0 Å². The minimum absolute atomic E-state index is 0.116. The molecule has 0 N–H and O–H groups in total. The number of fused-ring (bicyclic) bond motifs is 1. The van der Waals surface area contributed by atoms with Gasteiger partial charge in [-0.05, 0) is 25.2 Å². The quantitative estimate of drug-likeness (QED) is 0.718. The Balaban J connectivity index is 1.86. The SMILES string of the molecule is CN1CCN(c2cc(=O)c3ccnc(-c4cccc(F)c4)c3o2)CC1. The Morgan fingerprint density at radius 3 is 2.68 bits per heavy atom. The molecule has 5 nitrogen and oxygen atoms in total. The number of aromatic nitrogens is 1. The lowest BCUT2D eigenvalue weighted by molar-refractivity contribution is 0.306. The number of piperazine rings is 1. The molecule has 1 fully saturated rings. The summed E-state index contributed by atoms with van der Waals surface area (Å²) >= 11 is 0. The molecule has 1 saturated heterocycles. The van der Waals surface area contributed by atoms with E-state index in [0.29, 0.717) is 28.1 Å². The molecule has 1 aliphatic rings. The van der Waals surface area contributed by atoms with Crippen LogP contribution in [0.5, 0.6) is 0 Å². The molecule has 0 atom stereocenters. The van der Waals surface area contributed by atoms with E-state index in [-0.39, 0.29) is 11.2 Å². The van der Waals surface area contributed by atoms with Gasteiger partial charge in [0.05, 0.1) is 5.39 Å². The Bertz CT molecular complexity index is 978. The first-order valence-corrected chi connectivity index (χ1v) is 8.24. The Labute approximate surface area is 144 Å². The third kappa shape index (κ3) is 3.00. The molecule has 0 unspecified atom stereocenters. The summed E-state index contributed by atoms with van der Waals surface area (Å²) in [7, 11) is 2.07. The fraction of sp³-hybridized carbons (Fsp3) is 0.263. The smallest absolute Gasteiger partial charge is 0.200 e. The van der Waals surface area contributed by atoms with Crippen LogP contribution in [0.2, 0.25) is 0 Å². The van der Waals surface area contributed by atoms with Crippen LogP contribution in [0.15, 0.2) is 51.8 Å².